The van der Waals surface area contributed by atoms with Crippen LogP contribution >= 0.6 is 15.9 Å². The molecule has 7 nitrogen and oxygen atoms in total. The predicted octanol–water partition coefficient (Wildman–Crippen LogP) is 5.77. The Morgan fingerprint density at radius 1 is 1.15 bits per heavy atom. The number of fused-ring (bicyclic) bond motifs is 1. The van der Waals surface area contributed by atoms with Gasteiger partial charge in [0.25, 0.3) is 0 Å². The van der Waals surface area contributed by atoms with Crippen LogP contribution in [0.5, 0.6) is 0 Å². The third-order valence-corrected chi connectivity index (χ3v) is 6.79. The lowest BCUT2D eigenvalue weighted by Crippen LogP contribution is -2.53. The zero-order valence-electron chi connectivity index (χ0n) is 19.1. The largest absolute Gasteiger partial charge is 0.452 e. The molecular formula is C25H29BrN4O3. The van der Waals surface area contributed by atoms with Crippen LogP contribution in [-0.4, -0.2) is 40.1 Å². The van der Waals surface area contributed by atoms with Gasteiger partial charge in [-0.1, -0.05) is 47.0 Å². The molecular weight excluding hydrogens is 484 g/mol. The molecule has 1 fully saturated rings. The molecule has 1 aliphatic carbocycles. The van der Waals surface area contributed by atoms with Crippen molar-refractivity contribution in [3.8, 4) is 11.3 Å². The molecule has 0 unspecified atom stereocenters. The number of imidazole rings is 1. The van der Waals surface area contributed by atoms with Crippen LogP contribution in [0.4, 0.5) is 4.79 Å². The molecule has 2 N–H and O–H groups in total. The van der Waals surface area contributed by atoms with Crippen molar-refractivity contribution in [2.45, 2.75) is 51.5 Å². The highest BCUT2D eigenvalue weighted by molar-refractivity contribution is 9.10. The van der Waals surface area contributed by atoms with E-state index in [1.165, 1.54) is 12.1 Å². The molecule has 1 saturated carbocycles. The Balaban J connectivity index is 1.59. The first-order valence-corrected chi connectivity index (χ1v) is 12.1. The summed E-state index contributed by atoms with van der Waals surface area (Å²) < 4.78 is 5.76. The number of hydrogen-bond acceptors (Lipinski definition) is 4. The molecule has 174 valence electrons. The molecule has 1 heterocycles. The summed E-state index contributed by atoms with van der Waals surface area (Å²) >= 11 is 3.52. The maximum atomic E-state index is 13.4. The Bertz CT molecular complexity index is 1160. The Morgan fingerprint density at radius 3 is 2.64 bits per heavy atom. The Hall–Kier alpha value is -2.87. The van der Waals surface area contributed by atoms with E-state index in [2.05, 4.69) is 61.7 Å². The van der Waals surface area contributed by atoms with Crippen LogP contribution < -0.4 is 5.43 Å². The van der Waals surface area contributed by atoms with E-state index in [-0.39, 0.29) is 23.8 Å². The van der Waals surface area contributed by atoms with Gasteiger partial charge in [0.15, 0.2) is 0 Å². The van der Waals surface area contributed by atoms with E-state index in [4.69, 9.17) is 4.74 Å². The van der Waals surface area contributed by atoms with Crippen LogP contribution in [0.25, 0.3) is 22.0 Å². The number of methoxy groups -OCH3 is 1. The first-order valence-electron chi connectivity index (χ1n) is 11.3. The second-order valence-corrected chi connectivity index (χ2v) is 9.71. The monoisotopic (exact) mass is 512 g/mol. The number of nitrogens with one attached hydrogen (secondary N) is 2. The summed E-state index contributed by atoms with van der Waals surface area (Å²) in [5.74, 6) is 0.429. The van der Waals surface area contributed by atoms with Crippen molar-refractivity contribution < 1.29 is 14.3 Å². The molecule has 2 atom stereocenters. The number of nitrogens with zero attached hydrogens (tertiary/aromatic N) is 2. The molecule has 4 rings (SSSR count). The summed E-state index contributed by atoms with van der Waals surface area (Å²) in [4.78, 5) is 33.4. The molecule has 1 aliphatic rings. The number of benzene rings is 2. The highest BCUT2D eigenvalue weighted by atomic mass is 79.9. The van der Waals surface area contributed by atoms with Gasteiger partial charge in [-0.3, -0.25) is 4.79 Å². The highest BCUT2D eigenvalue weighted by Crippen LogP contribution is 2.38. The minimum absolute atomic E-state index is 0.0305. The first-order chi connectivity index (χ1) is 15.9. The van der Waals surface area contributed by atoms with Gasteiger partial charge in [-0.25, -0.2) is 20.2 Å². The molecule has 33 heavy (non-hydrogen) atoms. The van der Waals surface area contributed by atoms with Crippen molar-refractivity contribution in [3.63, 3.8) is 0 Å². The van der Waals surface area contributed by atoms with E-state index >= 15 is 0 Å². The number of ether oxygens (including phenoxy) is 1. The van der Waals surface area contributed by atoms with Gasteiger partial charge in [0.1, 0.15) is 5.82 Å². The molecule has 2 aromatic carbocycles. The third kappa shape index (κ3) is 5.05. The fraction of sp³-hybridized carbons (Fsp3) is 0.400. The Labute approximate surface area is 202 Å². The van der Waals surface area contributed by atoms with Crippen LogP contribution in [0, 0.1) is 5.92 Å². The lowest BCUT2D eigenvalue weighted by molar-refractivity contribution is -0.142. The Morgan fingerprint density at radius 2 is 1.88 bits per heavy atom. The fourth-order valence-corrected chi connectivity index (χ4v) is 4.95. The van der Waals surface area contributed by atoms with Crippen LogP contribution in [-0.2, 0) is 9.53 Å². The van der Waals surface area contributed by atoms with Crippen molar-refractivity contribution in [1.82, 2.24) is 20.4 Å². The second kappa shape index (κ2) is 9.95. The van der Waals surface area contributed by atoms with Crippen molar-refractivity contribution in [1.29, 1.82) is 0 Å². The number of halogens is 1. The van der Waals surface area contributed by atoms with Gasteiger partial charge in [0.05, 0.1) is 19.0 Å². The molecule has 0 saturated heterocycles. The summed E-state index contributed by atoms with van der Waals surface area (Å²) in [6.07, 6.45) is 4.86. The zero-order valence-corrected chi connectivity index (χ0v) is 20.7. The molecule has 0 aliphatic heterocycles. The summed E-state index contributed by atoms with van der Waals surface area (Å²) in [6, 6.07) is 12.3. The number of hydrazine groups is 1. The van der Waals surface area contributed by atoms with Crippen LogP contribution in [0.3, 0.4) is 0 Å². The fourth-order valence-electron chi connectivity index (χ4n) is 4.57. The van der Waals surface area contributed by atoms with Crippen molar-refractivity contribution in [3.05, 3.63) is 52.9 Å². The van der Waals surface area contributed by atoms with Gasteiger partial charge >= 0.3 is 6.09 Å². The highest BCUT2D eigenvalue weighted by Gasteiger charge is 2.37. The number of carbonyl (C=O) groups excluding carboxylic acids is 2. The van der Waals surface area contributed by atoms with E-state index < -0.39 is 6.09 Å². The number of rotatable bonds is 4. The van der Waals surface area contributed by atoms with Gasteiger partial charge in [-0.05, 0) is 55.7 Å². The number of amides is 2. The van der Waals surface area contributed by atoms with Gasteiger partial charge in [-0.15, -0.1) is 0 Å². The van der Waals surface area contributed by atoms with Crippen LogP contribution in [0.15, 0.2) is 47.1 Å². The van der Waals surface area contributed by atoms with Crippen molar-refractivity contribution >= 4 is 38.7 Å². The number of hydrogen-bond donors (Lipinski definition) is 2. The number of H-pyrrole nitrogens is 1. The van der Waals surface area contributed by atoms with Crippen LogP contribution in [0.2, 0.25) is 0 Å². The predicted molar refractivity (Wildman–Crippen MR) is 131 cm³/mol. The summed E-state index contributed by atoms with van der Waals surface area (Å²) in [5.41, 5.74) is 4.56. The van der Waals surface area contributed by atoms with Crippen LogP contribution in [0.1, 0.15) is 51.3 Å². The Kier molecular flexibility index (Phi) is 7.02. The quantitative estimate of drug-likeness (QED) is 0.434. The molecule has 2 amide bonds. The average Bonchev–Trinajstić information content (AvgIpc) is 3.31. The van der Waals surface area contributed by atoms with E-state index in [1.807, 2.05) is 26.1 Å². The number of aromatic nitrogens is 2. The van der Waals surface area contributed by atoms with Gasteiger partial charge in [-0.2, -0.15) is 0 Å². The number of carbonyl (C=O) groups is 2. The lowest BCUT2D eigenvalue weighted by atomic mass is 9.78. The van der Waals surface area contributed by atoms with Gasteiger partial charge in [0, 0.05) is 27.9 Å². The molecule has 1 aromatic heterocycles. The lowest BCUT2D eigenvalue weighted by Gasteiger charge is -2.35. The smallest absolute Gasteiger partial charge is 0.425 e. The summed E-state index contributed by atoms with van der Waals surface area (Å²) in [6.45, 7) is 3.74. The van der Waals surface area contributed by atoms with E-state index in [0.29, 0.717) is 0 Å². The van der Waals surface area contributed by atoms with Gasteiger partial charge < -0.3 is 9.72 Å². The molecule has 0 radical (unpaired) electrons. The molecule has 0 spiro atoms. The van der Waals surface area contributed by atoms with E-state index in [9.17, 15) is 9.59 Å². The van der Waals surface area contributed by atoms with E-state index in [1.54, 1.807) is 0 Å². The standard InChI is InChI=1S/C25H29BrN4O3/c1-15(2)30(29-25(32)33-3)24(31)21-7-5-4-6-20(21)23-27-14-22(28-23)18-9-8-17-13-19(26)11-10-16(17)12-18/h8-15,20-21H,4-7H2,1-3H3,(H,27,28)(H,29,32)/t20-,21+/m0/s1. The minimum Gasteiger partial charge on any atom is -0.452 e. The zero-order chi connectivity index (χ0) is 23.5. The SMILES string of the molecule is COC(=O)NN(C(=O)[C@@H]1CCCC[C@@H]1c1ncc(-c2ccc3cc(Br)ccc3c2)[nH]1)C(C)C. The molecule has 3 aromatic rings. The summed E-state index contributed by atoms with van der Waals surface area (Å²) in [5, 5.41) is 3.71. The maximum absolute atomic E-state index is 13.4. The molecule has 0 bridgehead atoms. The topological polar surface area (TPSA) is 87.3 Å². The average molecular weight is 513 g/mol. The summed E-state index contributed by atoms with van der Waals surface area (Å²) in [7, 11) is 1.29. The first kappa shape index (κ1) is 23.3. The minimum atomic E-state index is -0.645. The van der Waals surface area contributed by atoms with Crippen molar-refractivity contribution in [2.24, 2.45) is 5.92 Å². The maximum Gasteiger partial charge on any atom is 0.425 e. The number of aromatic amines is 1. The third-order valence-electron chi connectivity index (χ3n) is 6.29. The van der Waals surface area contributed by atoms with E-state index in [0.717, 1.165) is 58.0 Å². The second-order valence-electron chi connectivity index (χ2n) is 8.79. The molecule has 8 heteroatoms. The normalized spacial score (nSPS) is 18.3. The van der Waals surface area contributed by atoms with Crippen molar-refractivity contribution in [2.75, 3.05) is 7.11 Å². The van der Waals surface area contributed by atoms with Gasteiger partial charge in [0.2, 0.25) is 5.91 Å².